The number of thiazole rings is 1. The molecule has 0 radical (unpaired) electrons. The number of aromatic nitrogens is 2. The minimum absolute atomic E-state index is 0.0481. The Morgan fingerprint density at radius 1 is 1.12 bits per heavy atom. The van der Waals surface area contributed by atoms with E-state index in [9.17, 15) is 4.79 Å². The summed E-state index contributed by atoms with van der Waals surface area (Å²) in [7, 11) is 0. The Bertz CT molecular complexity index is 995. The monoisotopic (exact) mass is 419 g/mol. The number of hydrogen-bond acceptors (Lipinski definition) is 5. The lowest BCUT2D eigenvalue weighted by molar-refractivity contribution is -0.127. The van der Waals surface area contributed by atoms with Crippen molar-refractivity contribution in [2.75, 3.05) is 0 Å². The summed E-state index contributed by atoms with van der Waals surface area (Å²) in [5.41, 5.74) is 0.725. The Morgan fingerprint density at radius 3 is 2.42 bits per heavy atom. The second-order valence-corrected chi connectivity index (χ2v) is 8.83. The van der Waals surface area contributed by atoms with E-state index in [1.807, 2.05) is 55.9 Å². The number of carbonyl (C=O) groups excluding carboxylic acids is 1. The van der Waals surface area contributed by atoms with Crippen molar-refractivity contribution in [1.82, 2.24) is 14.3 Å². The van der Waals surface area contributed by atoms with Gasteiger partial charge in [-0.2, -0.15) is 0 Å². The van der Waals surface area contributed by atoms with E-state index in [2.05, 4.69) is 4.98 Å². The number of hydrogen-bond donors (Lipinski definition) is 0. The van der Waals surface area contributed by atoms with E-state index >= 15 is 0 Å². The number of thiophene rings is 2. The standard InChI is InChI=1S/C18H14ClN3OS3/c19-17-15(22-7-10-26-18(22)20-17)5-6-16(23)21(11-13-3-1-8-24-13)12-14-4-2-9-25-14/h1-10H,11-12H2/b6-5+. The highest BCUT2D eigenvalue weighted by molar-refractivity contribution is 7.15. The highest BCUT2D eigenvalue weighted by atomic mass is 35.5. The highest BCUT2D eigenvalue weighted by Crippen LogP contribution is 2.23. The molecule has 132 valence electrons. The molecule has 4 nitrogen and oxygen atoms in total. The van der Waals surface area contributed by atoms with Crippen molar-refractivity contribution in [3.05, 3.63) is 73.3 Å². The van der Waals surface area contributed by atoms with E-state index in [-0.39, 0.29) is 5.91 Å². The van der Waals surface area contributed by atoms with Gasteiger partial charge >= 0.3 is 0 Å². The summed E-state index contributed by atoms with van der Waals surface area (Å²) in [5, 5.41) is 6.40. The van der Waals surface area contributed by atoms with Crippen LogP contribution in [0.5, 0.6) is 0 Å². The number of rotatable bonds is 6. The Kier molecular flexibility index (Phi) is 5.21. The average Bonchev–Trinajstić information content (AvgIpc) is 3.39. The summed E-state index contributed by atoms with van der Waals surface area (Å²) in [6, 6.07) is 8.10. The number of carbonyl (C=O) groups is 1. The average molecular weight is 420 g/mol. The van der Waals surface area contributed by atoms with Crippen molar-refractivity contribution < 1.29 is 4.79 Å². The molecule has 8 heteroatoms. The predicted octanol–water partition coefficient (Wildman–Crippen LogP) is 5.41. The van der Waals surface area contributed by atoms with E-state index in [1.54, 1.807) is 34.8 Å². The minimum Gasteiger partial charge on any atom is -0.329 e. The molecule has 0 saturated carbocycles. The predicted molar refractivity (Wildman–Crippen MR) is 110 cm³/mol. The first-order valence-corrected chi connectivity index (χ1v) is 10.9. The van der Waals surface area contributed by atoms with Crippen LogP contribution < -0.4 is 0 Å². The van der Waals surface area contributed by atoms with Gasteiger partial charge < -0.3 is 4.90 Å². The van der Waals surface area contributed by atoms with Gasteiger partial charge in [0.1, 0.15) is 0 Å². The largest absolute Gasteiger partial charge is 0.329 e. The number of nitrogens with zero attached hydrogens (tertiary/aromatic N) is 3. The maximum absolute atomic E-state index is 12.9. The molecule has 0 bridgehead atoms. The molecule has 0 N–H and O–H groups in total. The van der Waals surface area contributed by atoms with Crippen LogP contribution in [-0.2, 0) is 17.9 Å². The molecule has 4 rings (SSSR count). The molecule has 0 atom stereocenters. The second-order valence-electron chi connectivity index (χ2n) is 5.53. The molecule has 26 heavy (non-hydrogen) atoms. The molecule has 0 spiro atoms. The van der Waals surface area contributed by atoms with Crippen LogP contribution >= 0.6 is 45.6 Å². The highest BCUT2D eigenvalue weighted by Gasteiger charge is 2.15. The summed E-state index contributed by atoms with van der Waals surface area (Å²) >= 11 is 11.0. The molecular weight excluding hydrogens is 406 g/mol. The van der Waals surface area contributed by atoms with Crippen LogP contribution in [0.4, 0.5) is 0 Å². The van der Waals surface area contributed by atoms with Crippen molar-refractivity contribution >= 4 is 62.6 Å². The minimum atomic E-state index is -0.0481. The smallest absolute Gasteiger partial charge is 0.247 e. The Morgan fingerprint density at radius 2 is 1.81 bits per heavy atom. The molecule has 1 amide bonds. The lowest BCUT2D eigenvalue weighted by Gasteiger charge is -2.19. The maximum Gasteiger partial charge on any atom is 0.247 e. The third-order valence-electron chi connectivity index (χ3n) is 3.80. The van der Waals surface area contributed by atoms with Crippen LogP contribution in [0.3, 0.4) is 0 Å². The molecule has 0 aliphatic rings. The Balaban J connectivity index is 1.57. The quantitative estimate of drug-likeness (QED) is 0.391. The van der Waals surface area contributed by atoms with E-state index in [1.165, 1.54) is 11.3 Å². The lowest BCUT2D eigenvalue weighted by atomic mass is 10.3. The molecule has 4 aromatic heterocycles. The fraction of sp³-hybridized carbons (Fsp3) is 0.111. The van der Waals surface area contributed by atoms with Crippen LogP contribution in [0.1, 0.15) is 15.4 Å². The Hall–Kier alpha value is -1.93. The van der Waals surface area contributed by atoms with Crippen LogP contribution in [0.25, 0.3) is 11.0 Å². The summed E-state index contributed by atoms with van der Waals surface area (Å²) in [5.74, 6) is -0.0481. The number of fused-ring (bicyclic) bond motifs is 1. The first-order valence-electron chi connectivity index (χ1n) is 7.83. The zero-order valence-corrected chi connectivity index (χ0v) is 16.7. The molecule has 0 fully saturated rings. The van der Waals surface area contributed by atoms with E-state index in [0.717, 1.165) is 20.4 Å². The van der Waals surface area contributed by atoms with Crippen molar-refractivity contribution in [2.45, 2.75) is 13.1 Å². The number of imidazole rings is 1. The zero-order chi connectivity index (χ0) is 17.9. The van der Waals surface area contributed by atoms with Gasteiger partial charge in [-0.25, -0.2) is 4.98 Å². The van der Waals surface area contributed by atoms with Crippen molar-refractivity contribution in [3.63, 3.8) is 0 Å². The second kappa shape index (κ2) is 7.75. The van der Waals surface area contributed by atoms with Gasteiger partial charge in [0.15, 0.2) is 10.1 Å². The van der Waals surface area contributed by atoms with Gasteiger partial charge in [0, 0.05) is 27.4 Å². The zero-order valence-electron chi connectivity index (χ0n) is 13.5. The van der Waals surface area contributed by atoms with Crippen LogP contribution in [0, 0.1) is 0 Å². The van der Waals surface area contributed by atoms with Crippen LogP contribution in [0.15, 0.2) is 52.7 Å². The SMILES string of the molecule is O=C(/C=C/c1c(Cl)nc2sccn12)N(Cc1cccs1)Cc1cccs1. The molecule has 0 saturated heterocycles. The summed E-state index contributed by atoms with van der Waals surface area (Å²) < 4.78 is 1.89. The molecule has 4 heterocycles. The molecule has 0 aliphatic carbocycles. The third kappa shape index (κ3) is 3.76. The fourth-order valence-electron chi connectivity index (χ4n) is 2.57. The van der Waals surface area contributed by atoms with Crippen LogP contribution in [-0.4, -0.2) is 20.2 Å². The van der Waals surface area contributed by atoms with Gasteiger partial charge in [0.25, 0.3) is 0 Å². The maximum atomic E-state index is 12.9. The van der Waals surface area contributed by atoms with Crippen molar-refractivity contribution in [3.8, 4) is 0 Å². The summed E-state index contributed by atoms with van der Waals surface area (Å²) in [6.07, 6.45) is 5.22. The first-order chi connectivity index (χ1) is 12.7. The van der Waals surface area contributed by atoms with Crippen LogP contribution in [0.2, 0.25) is 5.15 Å². The summed E-state index contributed by atoms with van der Waals surface area (Å²) in [6.45, 7) is 1.18. The van der Waals surface area contributed by atoms with Gasteiger partial charge in [-0.1, -0.05) is 23.7 Å². The molecule has 0 aromatic carbocycles. The molecular formula is C18H14ClN3OS3. The number of halogens is 1. The van der Waals surface area contributed by atoms with E-state index < -0.39 is 0 Å². The van der Waals surface area contributed by atoms with Gasteiger partial charge in [0.2, 0.25) is 5.91 Å². The molecule has 0 aliphatic heterocycles. The third-order valence-corrected chi connectivity index (χ3v) is 6.56. The van der Waals surface area contributed by atoms with E-state index in [4.69, 9.17) is 11.6 Å². The summed E-state index contributed by atoms with van der Waals surface area (Å²) in [4.78, 5) is 22.1. The molecule has 4 aromatic rings. The lowest BCUT2D eigenvalue weighted by Crippen LogP contribution is -2.27. The van der Waals surface area contributed by atoms with Crippen molar-refractivity contribution in [2.24, 2.45) is 0 Å². The van der Waals surface area contributed by atoms with Gasteiger partial charge in [-0.05, 0) is 29.0 Å². The van der Waals surface area contributed by atoms with Gasteiger partial charge in [-0.15, -0.1) is 34.0 Å². The fourth-order valence-corrected chi connectivity index (χ4v) is 5.02. The van der Waals surface area contributed by atoms with Gasteiger partial charge in [0.05, 0.1) is 18.8 Å². The molecule has 0 unspecified atom stereocenters. The first kappa shape index (κ1) is 17.5. The number of amides is 1. The van der Waals surface area contributed by atoms with Crippen molar-refractivity contribution in [1.29, 1.82) is 0 Å². The van der Waals surface area contributed by atoms with Gasteiger partial charge in [-0.3, -0.25) is 9.20 Å². The topological polar surface area (TPSA) is 37.6 Å². The normalized spacial score (nSPS) is 11.6. The van der Waals surface area contributed by atoms with E-state index in [0.29, 0.717) is 18.2 Å². The Labute approximate surface area is 167 Å².